The standard InChI is InChI=1S/C18H18ClNO3S/c1-18(17(22)23,12-5-6-12)9-15(21)8-14-10-24-16(20-14)11-3-2-4-13(19)7-11/h2-4,7,10,12H,5-6,8-9H2,1H3,(H,22,23). The average molecular weight is 364 g/mol. The number of carbonyl (C=O) groups is 2. The number of carboxylic acids is 1. The third kappa shape index (κ3) is 3.68. The fraction of sp³-hybridized carbons (Fsp3) is 0.389. The summed E-state index contributed by atoms with van der Waals surface area (Å²) in [7, 11) is 0. The van der Waals surface area contributed by atoms with E-state index in [0.717, 1.165) is 23.4 Å². The minimum atomic E-state index is -0.942. The van der Waals surface area contributed by atoms with E-state index in [1.54, 1.807) is 13.0 Å². The van der Waals surface area contributed by atoms with Gasteiger partial charge >= 0.3 is 5.97 Å². The van der Waals surface area contributed by atoms with Gasteiger partial charge in [0, 0.05) is 28.8 Å². The molecule has 126 valence electrons. The zero-order chi connectivity index (χ0) is 17.3. The largest absolute Gasteiger partial charge is 0.481 e. The second-order valence-corrected chi connectivity index (χ2v) is 7.84. The van der Waals surface area contributed by atoms with Gasteiger partial charge < -0.3 is 5.11 Å². The zero-order valence-corrected chi connectivity index (χ0v) is 14.9. The quantitative estimate of drug-likeness (QED) is 0.788. The van der Waals surface area contributed by atoms with Gasteiger partial charge in [-0.15, -0.1) is 11.3 Å². The predicted octanol–water partition coefficient (Wildman–Crippen LogP) is 4.47. The maximum absolute atomic E-state index is 12.3. The normalized spacial score (nSPS) is 16.6. The Bertz CT molecular complexity index is 784. The van der Waals surface area contributed by atoms with Crippen LogP contribution in [0.3, 0.4) is 0 Å². The first kappa shape index (κ1) is 17.1. The maximum Gasteiger partial charge on any atom is 0.310 e. The van der Waals surface area contributed by atoms with Crippen molar-refractivity contribution in [3.63, 3.8) is 0 Å². The van der Waals surface area contributed by atoms with Gasteiger partial charge in [0.05, 0.1) is 11.1 Å². The molecule has 1 heterocycles. The van der Waals surface area contributed by atoms with E-state index in [1.807, 2.05) is 23.6 Å². The Labute approximate surface area is 149 Å². The van der Waals surface area contributed by atoms with Crippen molar-refractivity contribution in [2.24, 2.45) is 11.3 Å². The van der Waals surface area contributed by atoms with E-state index in [-0.39, 0.29) is 24.5 Å². The van der Waals surface area contributed by atoms with Gasteiger partial charge in [-0.05, 0) is 37.8 Å². The number of halogens is 1. The molecule has 2 aromatic rings. The summed E-state index contributed by atoms with van der Waals surface area (Å²) < 4.78 is 0. The number of carbonyl (C=O) groups excluding carboxylic acids is 1. The van der Waals surface area contributed by atoms with Crippen LogP contribution in [0.1, 0.15) is 31.9 Å². The van der Waals surface area contributed by atoms with E-state index in [2.05, 4.69) is 4.98 Å². The molecule has 1 aromatic heterocycles. The Kier molecular flexibility index (Phi) is 4.74. The van der Waals surface area contributed by atoms with Crippen LogP contribution in [0.15, 0.2) is 29.6 Å². The summed E-state index contributed by atoms with van der Waals surface area (Å²) >= 11 is 7.45. The number of nitrogens with zero attached hydrogens (tertiary/aromatic N) is 1. The van der Waals surface area contributed by atoms with Gasteiger partial charge in [-0.1, -0.05) is 23.7 Å². The van der Waals surface area contributed by atoms with E-state index in [1.165, 1.54) is 11.3 Å². The van der Waals surface area contributed by atoms with E-state index < -0.39 is 11.4 Å². The van der Waals surface area contributed by atoms with Crippen LogP contribution in [0, 0.1) is 11.3 Å². The summed E-state index contributed by atoms with van der Waals surface area (Å²) in [5.74, 6) is -0.831. The van der Waals surface area contributed by atoms with Gasteiger partial charge in [0.2, 0.25) is 0 Å². The molecule has 4 nitrogen and oxygen atoms in total. The Balaban J connectivity index is 1.68. The highest BCUT2D eigenvalue weighted by molar-refractivity contribution is 7.13. The Morgan fingerprint density at radius 1 is 1.42 bits per heavy atom. The number of thiazole rings is 1. The molecule has 0 radical (unpaired) electrons. The van der Waals surface area contributed by atoms with Crippen LogP contribution in [-0.2, 0) is 16.0 Å². The van der Waals surface area contributed by atoms with Crippen LogP contribution in [-0.4, -0.2) is 21.8 Å². The Hall–Kier alpha value is -1.72. The highest BCUT2D eigenvalue weighted by Gasteiger charge is 2.48. The first-order valence-corrected chi connectivity index (χ1v) is 9.09. The minimum absolute atomic E-state index is 0.0665. The lowest BCUT2D eigenvalue weighted by atomic mass is 9.79. The first-order chi connectivity index (χ1) is 11.4. The fourth-order valence-electron chi connectivity index (χ4n) is 2.93. The molecule has 0 aliphatic heterocycles. The van der Waals surface area contributed by atoms with E-state index in [0.29, 0.717) is 10.7 Å². The first-order valence-electron chi connectivity index (χ1n) is 7.84. The van der Waals surface area contributed by atoms with Crippen LogP contribution in [0.4, 0.5) is 0 Å². The Morgan fingerprint density at radius 2 is 2.17 bits per heavy atom. The molecule has 0 saturated heterocycles. The van der Waals surface area contributed by atoms with Crippen LogP contribution in [0.25, 0.3) is 10.6 Å². The van der Waals surface area contributed by atoms with Crippen molar-refractivity contribution in [1.29, 1.82) is 0 Å². The number of Topliss-reactive ketones (excluding diaryl/α,β-unsaturated/α-hetero) is 1. The topological polar surface area (TPSA) is 67.3 Å². The van der Waals surface area contributed by atoms with E-state index in [9.17, 15) is 14.7 Å². The molecule has 0 spiro atoms. The van der Waals surface area contributed by atoms with Gasteiger partial charge in [0.1, 0.15) is 10.8 Å². The van der Waals surface area contributed by atoms with Crippen LogP contribution in [0.2, 0.25) is 5.02 Å². The third-order valence-electron chi connectivity index (χ3n) is 4.53. The van der Waals surface area contributed by atoms with Gasteiger partial charge in [-0.25, -0.2) is 4.98 Å². The molecule has 1 unspecified atom stereocenters. The van der Waals surface area contributed by atoms with Crippen molar-refractivity contribution in [2.45, 2.75) is 32.6 Å². The molecule has 1 aliphatic carbocycles. The maximum atomic E-state index is 12.3. The second kappa shape index (κ2) is 6.65. The molecule has 0 bridgehead atoms. The molecule has 1 N–H and O–H groups in total. The Morgan fingerprint density at radius 3 is 2.79 bits per heavy atom. The smallest absolute Gasteiger partial charge is 0.310 e. The summed E-state index contributed by atoms with van der Waals surface area (Å²) in [6.45, 7) is 1.68. The van der Waals surface area contributed by atoms with Gasteiger partial charge in [0.15, 0.2) is 0 Å². The predicted molar refractivity (Wildman–Crippen MR) is 94.4 cm³/mol. The summed E-state index contributed by atoms with van der Waals surface area (Å²) in [5.41, 5.74) is 0.658. The molecule has 3 rings (SSSR count). The summed E-state index contributed by atoms with van der Waals surface area (Å²) in [5, 5.41) is 12.8. The molecule has 1 saturated carbocycles. The van der Waals surface area contributed by atoms with E-state index >= 15 is 0 Å². The molecule has 1 aromatic carbocycles. The van der Waals surface area contributed by atoms with Gasteiger partial charge in [-0.3, -0.25) is 9.59 Å². The molecule has 1 aliphatic rings. The van der Waals surface area contributed by atoms with Crippen molar-refractivity contribution < 1.29 is 14.7 Å². The van der Waals surface area contributed by atoms with Crippen molar-refractivity contribution in [2.75, 3.05) is 0 Å². The average Bonchev–Trinajstić information content (AvgIpc) is 3.28. The van der Waals surface area contributed by atoms with E-state index in [4.69, 9.17) is 11.6 Å². The zero-order valence-electron chi connectivity index (χ0n) is 13.3. The minimum Gasteiger partial charge on any atom is -0.481 e. The number of hydrogen-bond donors (Lipinski definition) is 1. The summed E-state index contributed by atoms with van der Waals surface area (Å²) in [4.78, 5) is 28.4. The number of aliphatic carboxylic acids is 1. The van der Waals surface area contributed by atoms with Gasteiger partial charge in [0.25, 0.3) is 0 Å². The molecule has 6 heteroatoms. The lowest BCUT2D eigenvalue weighted by molar-refractivity contribution is -0.151. The summed E-state index contributed by atoms with van der Waals surface area (Å²) in [6.07, 6.45) is 2.03. The molecule has 24 heavy (non-hydrogen) atoms. The van der Waals surface area contributed by atoms with Gasteiger partial charge in [-0.2, -0.15) is 0 Å². The number of carboxylic acid groups (broad SMARTS) is 1. The molecule has 1 atom stereocenters. The lowest BCUT2D eigenvalue weighted by Gasteiger charge is -2.23. The van der Waals surface area contributed by atoms with Crippen molar-refractivity contribution in [3.05, 3.63) is 40.4 Å². The van der Waals surface area contributed by atoms with Crippen LogP contribution in [0.5, 0.6) is 0 Å². The highest BCUT2D eigenvalue weighted by atomic mass is 35.5. The molecule has 0 amide bonds. The SMILES string of the molecule is CC(CC(=O)Cc1csc(-c2cccc(Cl)c2)n1)(C(=O)O)C1CC1. The number of benzene rings is 1. The lowest BCUT2D eigenvalue weighted by Crippen LogP contribution is -2.33. The number of ketones is 1. The highest BCUT2D eigenvalue weighted by Crippen LogP contribution is 2.48. The number of rotatable bonds is 7. The molecular formula is C18H18ClNO3S. The second-order valence-electron chi connectivity index (χ2n) is 6.54. The van der Waals surface area contributed by atoms with Crippen molar-refractivity contribution >= 4 is 34.7 Å². The third-order valence-corrected chi connectivity index (χ3v) is 5.71. The van der Waals surface area contributed by atoms with Crippen molar-refractivity contribution in [3.8, 4) is 10.6 Å². The number of aromatic nitrogens is 1. The fourth-order valence-corrected chi connectivity index (χ4v) is 3.94. The van der Waals surface area contributed by atoms with Crippen LogP contribution >= 0.6 is 22.9 Å². The van der Waals surface area contributed by atoms with Crippen LogP contribution < -0.4 is 0 Å². The number of hydrogen-bond acceptors (Lipinski definition) is 4. The molecule has 1 fully saturated rings. The molecular weight excluding hydrogens is 346 g/mol. The summed E-state index contributed by atoms with van der Waals surface area (Å²) in [6, 6.07) is 7.41. The monoisotopic (exact) mass is 363 g/mol. The van der Waals surface area contributed by atoms with Crippen molar-refractivity contribution in [1.82, 2.24) is 4.98 Å².